The Bertz CT molecular complexity index is 1620. The van der Waals surface area contributed by atoms with E-state index >= 15 is 0 Å². The van der Waals surface area contributed by atoms with Crippen LogP contribution in [0, 0.1) is 6.92 Å². The molecule has 0 saturated carbocycles. The van der Waals surface area contributed by atoms with Crippen LogP contribution in [0.2, 0.25) is 5.02 Å². The average molecular weight is 513 g/mol. The highest BCUT2D eigenvalue weighted by atomic mass is 35.5. The van der Waals surface area contributed by atoms with Gasteiger partial charge < -0.3 is 14.8 Å². The zero-order valence-electron chi connectivity index (χ0n) is 20.1. The number of aromatic nitrogens is 2. The van der Waals surface area contributed by atoms with Crippen LogP contribution in [0.3, 0.4) is 0 Å². The molecule has 1 aliphatic heterocycles. The van der Waals surface area contributed by atoms with Gasteiger partial charge in [-0.05, 0) is 66.9 Å². The van der Waals surface area contributed by atoms with Crippen LogP contribution in [0.25, 0.3) is 22.4 Å². The van der Waals surface area contributed by atoms with Crippen LogP contribution in [0.1, 0.15) is 25.7 Å². The van der Waals surface area contributed by atoms with Gasteiger partial charge in [0.05, 0.1) is 15.9 Å². The standard InChI is InChI=1S/C29H25ClN4OS/c1-18-10-11-21(16-23(18)30)31-29(35)27-15-20-17-34(13-12-26(20)36-27)22-7-5-6-19(14-22)28-32-24-8-3-4-9-25(24)33(28)2/h3-11,14-16H,12-13,17H2,1-2H3,(H,31,35). The van der Waals surface area contributed by atoms with Crippen molar-refractivity contribution in [3.63, 3.8) is 0 Å². The smallest absolute Gasteiger partial charge is 0.265 e. The summed E-state index contributed by atoms with van der Waals surface area (Å²) in [5.74, 6) is 0.867. The molecule has 1 amide bonds. The van der Waals surface area contributed by atoms with Gasteiger partial charge in [0.25, 0.3) is 5.91 Å². The van der Waals surface area contributed by atoms with Crippen LogP contribution >= 0.6 is 22.9 Å². The summed E-state index contributed by atoms with van der Waals surface area (Å²) in [5.41, 5.74) is 7.30. The number of halogens is 1. The molecule has 0 fully saturated rings. The van der Waals surface area contributed by atoms with Crippen molar-refractivity contribution in [3.05, 3.63) is 98.7 Å². The van der Waals surface area contributed by atoms with Crippen molar-refractivity contribution in [2.45, 2.75) is 19.9 Å². The lowest BCUT2D eigenvalue weighted by Crippen LogP contribution is -2.29. The number of hydrogen-bond donors (Lipinski definition) is 1. The van der Waals surface area contributed by atoms with Crippen LogP contribution in [-0.4, -0.2) is 22.0 Å². The fourth-order valence-corrected chi connectivity index (χ4v) is 6.01. The van der Waals surface area contributed by atoms with Gasteiger partial charge in [-0.15, -0.1) is 11.3 Å². The van der Waals surface area contributed by atoms with Crippen molar-refractivity contribution in [1.82, 2.24) is 9.55 Å². The minimum Gasteiger partial charge on any atom is -0.367 e. The molecule has 5 nitrogen and oxygen atoms in total. The van der Waals surface area contributed by atoms with Crippen LogP contribution in [-0.2, 0) is 20.0 Å². The number of para-hydroxylation sites is 2. The molecule has 0 aliphatic carbocycles. The van der Waals surface area contributed by atoms with E-state index in [4.69, 9.17) is 16.6 Å². The molecule has 0 atom stereocenters. The van der Waals surface area contributed by atoms with Crippen molar-refractivity contribution in [3.8, 4) is 11.4 Å². The Morgan fingerprint density at radius 3 is 2.75 bits per heavy atom. The number of anilines is 2. The number of fused-ring (bicyclic) bond motifs is 2. The first-order chi connectivity index (χ1) is 17.5. The number of aryl methyl sites for hydroxylation is 2. The lowest BCUT2D eigenvalue weighted by molar-refractivity contribution is 0.103. The number of hydrogen-bond acceptors (Lipinski definition) is 4. The average Bonchev–Trinajstić information content (AvgIpc) is 3.47. The Morgan fingerprint density at radius 2 is 1.92 bits per heavy atom. The van der Waals surface area contributed by atoms with Crippen molar-refractivity contribution in [1.29, 1.82) is 0 Å². The lowest BCUT2D eigenvalue weighted by Gasteiger charge is -2.29. The van der Waals surface area contributed by atoms with E-state index in [1.54, 1.807) is 17.4 Å². The van der Waals surface area contributed by atoms with E-state index in [-0.39, 0.29) is 5.91 Å². The maximum Gasteiger partial charge on any atom is 0.265 e. The number of nitrogens with zero attached hydrogens (tertiary/aromatic N) is 3. The number of benzene rings is 3. The van der Waals surface area contributed by atoms with Gasteiger partial charge >= 0.3 is 0 Å². The van der Waals surface area contributed by atoms with E-state index in [9.17, 15) is 4.79 Å². The molecule has 0 bridgehead atoms. The van der Waals surface area contributed by atoms with Crippen molar-refractivity contribution in [2.75, 3.05) is 16.8 Å². The molecule has 0 saturated heterocycles. The van der Waals surface area contributed by atoms with E-state index in [0.717, 1.165) is 58.1 Å². The highest BCUT2D eigenvalue weighted by Crippen LogP contribution is 2.33. The van der Waals surface area contributed by atoms with Gasteiger partial charge in [0.2, 0.25) is 0 Å². The molecule has 7 heteroatoms. The highest BCUT2D eigenvalue weighted by Gasteiger charge is 2.22. The van der Waals surface area contributed by atoms with E-state index in [0.29, 0.717) is 10.7 Å². The minimum atomic E-state index is -0.0929. The predicted octanol–water partition coefficient (Wildman–Crippen LogP) is 7.08. The molecule has 1 N–H and O–H groups in total. The molecular weight excluding hydrogens is 488 g/mol. The second-order valence-electron chi connectivity index (χ2n) is 9.18. The third-order valence-corrected chi connectivity index (χ3v) is 8.42. The fraction of sp³-hybridized carbons (Fsp3) is 0.172. The molecule has 36 heavy (non-hydrogen) atoms. The Kier molecular flexibility index (Phi) is 5.78. The van der Waals surface area contributed by atoms with Crippen LogP contribution < -0.4 is 10.2 Å². The monoisotopic (exact) mass is 512 g/mol. The summed E-state index contributed by atoms with van der Waals surface area (Å²) in [5, 5.41) is 3.63. The topological polar surface area (TPSA) is 50.2 Å². The maximum absolute atomic E-state index is 12.9. The number of rotatable bonds is 4. The first kappa shape index (κ1) is 22.8. The molecule has 0 spiro atoms. The number of thiophene rings is 1. The highest BCUT2D eigenvalue weighted by molar-refractivity contribution is 7.14. The van der Waals surface area contributed by atoms with Crippen LogP contribution in [0.4, 0.5) is 11.4 Å². The van der Waals surface area contributed by atoms with E-state index in [1.165, 1.54) is 10.4 Å². The molecule has 3 aromatic carbocycles. The molecule has 5 aromatic rings. The third kappa shape index (κ3) is 4.16. The first-order valence-corrected chi connectivity index (χ1v) is 13.1. The summed E-state index contributed by atoms with van der Waals surface area (Å²) in [6.07, 6.45) is 0.917. The number of carbonyl (C=O) groups excluding carboxylic acids is 1. The summed E-state index contributed by atoms with van der Waals surface area (Å²) < 4.78 is 2.15. The van der Waals surface area contributed by atoms with Gasteiger partial charge in [-0.1, -0.05) is 41.9 Å². The molecule has 0 unspecified atom stereocenters. The summed E-state index contributed by atoms with van der Waals surface area (Å²) >= 11 is 7.81. The van der Waals surface area contributed by atoms with Crippen molar-refractivity contribution in [2.24, 2.45) is 7.05 Å². The van der Waals surface area contributed by atoms with Gasteiger partial charge in [-0.2, -0.15) is 0 Å². The van der Waals surface area contributed by atoms with Crippen molar-refractivity contribution < 1.29 is 4.79 Å². The van der Waals surface area contributed by atoms with Crippen LogP contribution in [0.5, 0.6) is 0 Å². The van der Waals surface area contributed by atoms with E-state index in [2.05, 4.69) is 52.2 Å². The SMILES string of the molecule is Cc1ccc(NC(=O)c2cc3c(s2)CCN(c2cccc(-c4nc5ccccc5n4C)c2)C3)cc1Cl. The number of carbonyl (C=O) groups is 1. The Balaban J connectivity index is 1.22. The first-order valence-electron chi connectivity index (χ1n) is 11.9. The van der Waals surface area contributed by atoms with Crippen LogP contribution in [0.15, 0.2) is 72.8 Å². The summed E-state index contributed by atoms with van der Waals surface area (Å²) in [7, 11) is 2.06. The summed E-state index contributed by atoms with van der Waals surface area (Å²) in [6, 6.07) is 24.4. The second-order valence-corrected chi connectivity index (χ2v) is 10.7. The van der Waals surface area contributed by atoms with Gasteiger partial charge in [0.1, 0.15) is 5.82 Å². The van der Waals surface area contributed by atoms with Gasteiger partial charge in [0.15, 0.2) is 0 Å². The third-order valence-electron chi connectivity index (χ3n) is 6.78. The fourth-order valence-electron chi connectivity index (χ4n) is 4.77. The maximum atomic E-state index is 12.9. The molecule has 2 aromatic heterocycles. The normalized spacial score (nSPS) is 13.1. The van der Waals surface area contributed by atoms with Crippen molar-refractivity contribution >= 4 is 51.3 Å². The predicted molar refractivity (Wildman–Crippen MR) is 149 cm³/mol. The zero-order valence-corrected chi connectivity index (χ0v) is 21.7. The zero-order chi connectivity index (χ0) is 24.8. The van der Waals surface area contributed by atoms with Gasteiger partial charge in [-0.3, -0.25) is 4.79 Å². The Morgan fingerprint density at radius 1 is 1.06 bits per heavy atom. The minimum absolute atomic E-state index is 0.0929. The molecule has 6 rings (SSSR count). The number of nitrogens with one attached hydrogen (secondary N) is 1. The summed E-state index contributed by atoms with van der Waals surface area (Å²) in [6.45, 7) is 3.64. The van der Waals surface area contributed by atoms with Gasteiger partial charge in [-0.25, -0.2) is 4.98 Å². The molecule has 3 heterocycles. The second kappa shape index (κ2) is 9.12. The molecule has 0 radical (unpaired) electrons. The number of amides is 1. The largest absolute Gasteiger partial charge is 0.367 e. The van der Waals surface area contributed by atoms with Gasteiger partial charge in [0, 0.05) is 47.0 Å². The van der Waals surface area contributed by atoms with E-state index in [1.807, 2.05) is 43.3 Å². The Hall–Kier alpha value is -3.61. The molecular formula is C29H25ClN4OS. The quantitative estimate of drug-likeness (QED) is 0.280. The number of imidazole rings is 1. The lowest BCUT2D eigenvalue weighted by atomic mass is 10.1. The molecule has 1 aliphatic rings. The summed E-state index contributed by atoms with van der Waals surface area (Å²) in [4.78, 5) is 22.2. The molecule has 180 valence electrons. The Labute approximate surface area is 219 Å². The van der Waals surface area contributed by atoms with E-state index < -0.39 is 0 Å².